The molecule has 0 amide bonds. The van der Waals surface area contributed by atoms with E-state index in [1.807, 2.05) is 37.3 Å². The molecule has 1 aromatic carbocycles. The summed E-state index contributed by atoms with van der Waals surface area (Å²) in [6.07, 6.45) is 1.53. The van der Waals surface area contributed by atoms with Gasteiger partial charge in [0.05, 0.1) is 6.61 Å². The first-order valence-corrected chi connectivity index (χ1v) is 6.84. The SMILES string of the molecule is Cc1ccc2cccc(Oc3ncc(CO)cc3Cl)c2n1. The fraction of sp³-hybridized carbons (Fsp3) is 0.125. The standard InChI is InChI=1S/C16H13ClN2O2/c1-10-5-6-12-3-2-4-14(15(12)19-10)21-16-13(17)7-11(9-20)8-18-16/h2-8,20H,9H2,1H3. The van der Waals surface area contributed by atoms with Crippen LogP contribution in [0.4, 0.5) is 0 Å². The summed E-state index contributed by atoms with van der Waals surface area (Å²) in [5.74, 6) is 0.895. The van der Waals surface area contributed by atoms with Crippen molar-refractivity contribution in [3.8, 4) is 11.6 Å². The van der Waals surface area contributed by atoms with Crippen LogP contribution in [-0.4, -0.2) is 15.1 Å². The van der Waals surface area contributed by atoms with Crippen molar-refractivity contribution >= 4 is 22.5 Å². The van der Waals surface area contributed by atoms with Crippen LogP contribution in [-0.2, 0) is 6.61 Å². The van der Waals surface area contributed by atoms with Crippen molar-refractivity contribution in [1.29, 1.82) is 0 Å². The van der Waals surface area contributed by atoms with Crippen LogP contribution in [0.1, 0.15) is 11.3 Å². The number of ether oxygens (including phenoxy) is 1. The number of halogens is 1. The molecule has 4 nitrogen and oxygen atoms in total. The first-order valence-electron chi connectivity index (χ1n) is 6.47. The maximum absolute atomic E-state index is 9.07. The Hall–Kier alpha value is -2.17. The topological polar surface area (TPSA) is 55.2 Å². The summed E-state index contributed by atoms with van der Waals surface area (Å²) < 4.78 is 5.79. The molecule has 3 aromatic rings. The molecule has 0 fully saturated rings. The Kier molecular flexibility index (Phi) is 3.73. The largest absolute Gasteiger partial charge is 0.435 e. The van der Waals surface area contributed by atoms with Crippen molar-refractivity contribution in [2.75, 3.05) is 0 Å². The molecule has 2 heterocycles. The van der Waals surface area contributed by atoms with E-state index in [-0.39, 0.29) is 6.61 Å². The van der Waals surface area contributed by atoms with Crippen LogP contribution in [0.3, 0.4) is 0 Å². The summed E-state index contributed by atoms with van der Waals surface area (Å²) in [5, 5.41) is 10.4. The van der Waals surface area contributed by atoms with Gasteiger partial charge in [-0.1, -0.05) is 29.8 Å². The fourth-order valence-corrected chi connectivity index (χ4v) is 2.26. The summed E-state index contributed by atoms with van der Waals surface area (Å²) >= 11 is 6.12. The quantitative estimate of drug-likeness (QED) is 0.797. The van der Waals surface area contributed by atoms with E-state index in [2.05, 4.69) is 9.97 Å². The lowest BCUT2D eigenvalue weighted by Gasteiger charge is -2.09. The van der Waals surface area contributed by atoms with E-state index >= 15 is 0 Å². The van der Waals surface area contributed by atoms with Crippen molar-refractivity contribution in [2.24, 2.45) is 0 Å². The molecule has 0 aliphatic carbocycles. The third-order valence-electron chi connectivity index (χ3n) is 3.08. The summed E-state index contributed by atoms with van der Waals surface area (Å²) in [5.41, 5.74) is 2.31. The molecule has 0 aliphatic heterocycles. The highest BCUT2D eigenvalue weighted by molar-refractivity contribution is 6.31. The zero-order valence-electron chi connectivity index (χ0n) is 11.4. The van der Waals surface area contributed by atoms with Crippen LogP contribution < -0.4 is 4.74 Å². The number of para-hydroxylation sites is 1. The number of nitrogens with zero attached hydrogens (tertiary/aromatic N) is 2. The van der Waals surface area contributed by atoms with Gasteiger partial charge in [0, 0.05) is 17.3 Å². The van der Waals surface area contributed by atoms with Crippen LogP contribution in [0.5, 0.6) is 11.6 Å². The second-order valence-electron chi connectivity index (χ2n) is 4.67. The molecule has 0 bridgehead atoms. The lowest BCUT2D eigenvalue weighted by atomic mass is 10.2. The van der Waals surface area contributed by atoms with Gasteiger partial charge in [-0.2, -0.15) is 0 Å². The Balaban J connectivity index is 2.04. The molecule has 5 heteroatoms. The van der Waals surface area contributed by atoms with Crippen molar-refractivity contribution in [2.45, 2.75) is 13.5 Å². The Bertz CT molecular complexity index is 805. The second kappa shape index (κ2) is 5.68. The number of rotatable bonds is 3. The highest BCUT2D eigenvalue weighted by atomic mass is 35.5. The van der Waals surface area contributed by atoms with Crippen LogP contribution in [0.15, 0.2) is 42.6 Å². The molecular formula is C16H13ClN2O2. The molecule has 0 aliphatic rings. The number of aliphatic hydroxyl groups excluding tert-OH is 1. The first kappa shape index (κ1) is 13.8. The predicted molar refractivity (Wildman–Crippen MR) is 81.7 cm³/mol. The molecule has 1 N–H and O–H groups in total. The third-order valence-corrected chi connectivity index (χ3v) is 3.35. The van der Waals surface area contributed by atoms with E-state index in [9.17, 15) is 0 Å². The van der Waals surface area contributed by atoms with Gasteiger partial charge in [-0.15, -0.1) is 0 Å². The minimum absolute atomic E-state index is 0.109. The van der Waals surface area contributed by atoms with Crippen molar-refractivity contribution in [3.63, 3.8) is 0 Å². The number of hydrogen-bond donors (Lipinski definition) is 1. The Labute approximate surface area is 127 Å². The monoisotopic (exact) mass is 300 g/mol. The molecule has 0 saturated heterocycles. The zero-order chi connectivity index (χ0) is 14.8. The smallest absolute Gasteiger partial charge is 0.238 e. The van der Waals surface area contributed by atoms with Gasteiger partial charge in [0.1, 0.15) is 10.5 Å². The second-order valence-corrected chi connectivity index (χ2v) is 5.08. The lowest BCUT2D eigenvalue weighted by molar-refractivity contribution is 0.281. The van der Waals surface area contributed by atoms with Crippen molar-refractivity contribution < 1.29 is 9.84 Å². The molecule has 21 heavy (non-hydrogen) atoms. The number of fused-ring (bicyclic) bond motifs is 1. The van der Waals surface area contributed by atoms with Crippen molar-refractivity contribution in [1.82, 2.24) is 9.97 Å². The highest BCUT2D eigenvalue weighted by Gasteiger charge is 2.10. The van der Waals surface area contributed by atoms with E-state index < -0.39 is 0 Å². The Morgan fingerprint density at radius 3 is 2.86 bits per heavy atom. The summed E-state index contributed by atoms with van der Waals surface area (Å²) in [6, 6.07) is 11.3. The molecule has 0 radical (unpaired) electrons. The maximum Gasteiger partial charge on any atom is 0.238 e. The Morgan fingerprint density at radius 1 is 1.24 bits per heavy atom. The minimum atomic E-state index is -0.109. The van der Waals surface area contributed by atoms with E-state index in [0.717, 1.165) is 16.6 Å². The molecule has 3 rings (SSSR count). The van der Waals surface area contributed by atoms with E-state index in [1.54, 1.807) is 6.07 Å². The van der Waals surface area contributed by atoms with Crippen LogP contribution >= 0.6 is 11.6 Å². The summed E-state index contributed by atoms with van der Waals surface area (Å²) in [7, 11) is 0. The molecular weight excluding hydrogens is 288 g/mol. The van der Waals surface area contributed by atoms with E-state index in [1.165, 1.54) is 6.20 Å². The van der Waals surface area contributed by atoms with Gasteiger partial charge in [-0.05, 0) is 30.7 Å². The molecule has 0 spiro atoms. The van der Waals surface area contributed by atoms with Crippen LogP contribution in [0.25, 0.3) is 10.9 Å². The van der Waals surface area contributed by atoms with Crippen LogP contribution in [0.2, 0.25) is 5.02 Å². The van der Waals surface area contributed by atoms with Gasteiger partial charge in [-0.3, -0.25) is 0 Å². The highest BCUT2D eigenvalue weighted by Crippen LogP contribution is 2.31. The molecule has 2 aromatic heterocycles. The van der Waals surface area contributed by atoms with Gasteiger partial charge in [0.25, 0.3) is 0 Å². The molecule has 0 atom stereocenters. The molecule has 0 unspecified atom stereocenters. The molecule has 0 saturated carbocycles. The minimum Gasteiger partial charge on any atom is -0.435 e. The fourth-order valence-electron chi connectivity index (χ4n) is 2.03. The van der Waals surface area contributed by atoms with Gasteiger partial charge in [-0.25, -0.2) is 9.97 Å². The summed E-state index contributed by atoms with van der Waals surface area (Å²) in [4.78, 5) is 8.63. The number of aliphatic hydroxyl groups is 1. The van der Waals surface area contributed by atoms with E-state index in [4.69, 9.17) is 21.4 Å². The number of pyridine rings is 2. The van der Waals surface area contributed by atoms with E-state index in [0.29, 0.717) is 22.2 Å². The lowest BCUT2D eigenvalue weighted by Crippen LogP contribution is -1.94. The van der Waals surface area contributed by atoms with Gasteiger partial charge < -0.3 is 9.84 Å². The number of aromatic nitrogens is 2. The summed E-state index contributed by atoms with van der Waals surface area (Å²) in [6.45, 7) is 1.82. The third kappa shape index (κ3) is 2.82. The maximum atomic E-state index is 9.07. The van der Waals surface area contributed by atoms with Gasteiger partial charge in [0.15, 0.2) is 5.75 Å². The van der Waals surface area contributed by atoms with Gasteiger partial charge in [0.2, 0.25) is 5.88 Å². The van der Waals surface area contributed by atoms with Gasteiger partial charge >= 0.3 is 0 Å². The average Bonchev–Trinajstić information content (AvgIpc) is 2.49. The predicted octanol–water partition coefficient (Wildman–Crippen LogP) is 3.88. The van der Waals surface area contributed by atoms with Crippen LogP contribution in [0, 0.1) is 6.92 Å². The zero-order valence-corrected chi connectivity index (χ0v) is 12.1. The molecule has 106 valence electrons. The normalized spacial score (nSPS) is 10.8. The average molecular weight is 301 g/mol. The van der Waals surface area contributed by atoms with Crippen molar-refractivity contribution in [3.05, 3.63) is 58.9 Å². The Morgan fingerprint density at radius 2 is 2.10 bits per heavy atom. The number of benzene rings is 1. The number of hydrogen-bond acceptors (Lipinski definition) is 4. The number of aryl methyl sites for hydroxylation is 1. The first-order chi connectivity index (χ1) is 10.2.